The fourth-order valence-corrected chi connectivity index (χ4v) is 4.95. The monoisotopic (exact) mass is 358 g/mol. The SMILES string of the molecule is CN1C[C@@H](COCc2ccccn2)[C@]2(CCN(C(=O)N3CCCC3)C2)C1. The van der Waals surface area contributed by atoms with Crippen LogP contribution >= 0.6 is 0 Å². The molecule has 4 heterocycles. The fraction of sp³-hybridized carbons (Fsp3) is 0.700. The maximum Gasteiger partial charge on any atom is 0.320 e. The van der Waals surface area contributed by atoms with Crippen LogP contribution in [-0.2, 0) is 11.3 Å². The molecule has 0 aromatic carbocycles. The van der Waals surface area contributed by atoms with Crippen LogP contribution in [0.2, 0.25) is 0 Å². The largest absolute Gasteiger partial charge is 0.375 e. The highest BCUT2D eigenvalue weighted by Crippen LogP contribution is 2.44. The Morgan fingerprint density at radius 1 is 1.23 bits per heavy atom. The van der Waals surface area contributed by atoms with Crippen LogP contribution in [0.4, 0.5) is 4.79 Å². The van der Waals surface area contributed by atoms with Crippen molar-refractivity contribution in [2.45, 2.75) is 25.9 Å². The van der Waals surface area contributed by atoms with Gasteiger partial charge in [0.2, 0.25) is 0 Å². The summed E-state index contributed by atoms with van der Waals surface area (Å²) in [4.78, 5) is 23.6. The molecule has 1 spiro atoms. The number of carbonyl (C=O) groups excluding carboxylic acids is 1. The molecule has 6 heteroatoms. The first kappa shape index (κ1) is 17.7. The molecule has 0 unspecified atom stereocenters. The third-order valence-electron chi connectivity index (χ3n) is 6.31. The van der Waals surface area contributed by atoms with Gasteiger partial charge in [0.05, 0.1) is 18.9 Å². The molecule has 2 atom stereocenters. The van der Waals surface area contributed by atoms with Crippen molar-refractivity contribution in [2.75, 3.05) is 52.9 Å². The van der Waals surface area contributed by atoms with Crippen LogP contribution in [-0.4, -0.2) is 78.6 Å². The fourth-order valence-electron chi connectivity index (χ4n) is 4.95. The van der Waals surface area contributed by atoms with E-state index in [0.717, 1.165) is 70.8 Å². The third-order valence-corrected chi connectivity index (χ3v) is 6.31. The predicted molar refractivity (Wildman–Crippen MR) is 99.7 cm³/mol. The molecule has 0 bridgehead atoms. The summed E-state index contributed by atoms with van der Waals surface area (Å²) >= 11 is 0. The summed E-state index contributed by atoms with van der Waals surface area (Å²) in [7, 11) is 2.19. The number of rotatable bonds is 4. The number of ether oxygens (including phenoxy) is 1. The van der Waals surface area contributed by atoms with E-state index >= 15 is 0 Å². The Bertz CT molecular complexity index is 619. The normalized spacial score (nSPS) is 29.2. The highest BCUT2D eigenvalue weighted by molar-refractivity contribution is 5.75. The molecule has 0 radical (unpaired) electrons. The maximum absolute atomic E-state index is 12.8. The minimum atomic E-state index is 0.189. The number of pyridine rings is 1. The summed E-state index contributed by atoms with van der Waals surface area (Å²) in [5.74, 6) is 0.479. The smallest absolute Gasteiger partial charge is 0.320 e. The van der Waals surface area contributed by atoms with Gasteiger partial charge in [-0.2, -0.15) is 0 Å². The third kappa shape index (κ3) is 3.58. The number of aromatic nitrogens is 1. The Labute approximate surface area is 156 Å². The van der Waals surface area contributed by atoms with Crippen molar-refractivity contribution in [3.05, 3.63) is 30.1 Å². The standard InChI is InChI=1S/C20H30N4O2/c1-22-12-17(13-26-14-18-6-2-3-8-21-18)20(15-22)7-11-24(16-20)19(25)23-9-4-5-10-23/h2-3,6,8,17H,4-5,7,9-16H2,1H3/t17-,20+/m0/s1. The summed E-state index contributed by atoms with van der Waals surface area (Å²) in [6, 6.07) is 6.18. The number of urea groups is 1. The number of nitrogens with zero attached hydrogens (tertiary/aromatic N) is 4. The molecular formula is C20H30N4O2. The van der Waals surface area contributed by atoms with Gasteiger partial charge in [0.25, 0.3) is 0 Å². The van der Waals surface area contributed by atoms with Gasteiger partial charge >= 0.3 is 6.03 Å². The maximum atomic E-state index is 12.8. The molecule has 26 heavy (non-hydrogen) atoms. The first-order chi connectivity index (χ1) is 12.7. The van der Waals surface area contributed by atoms with Crippen LogP contribution in [0.3, 0.4) is 0 Å². The zero-order chi connectivity index (χ0) is 18.0. The average Bonchev–Trinajstić information content (AvgIpc) is 3.37. The van der Waals surface area contributed by atoms with E-state index < -0.39 is 0 Å². The lowest BCUT2D eigenvalue weighted by Crippen LogP contribution is -2.43. The second-order valence-electron chi connectivity index (χ2n) is 8.24. The van der Waals surface area contributed by atoms with Gasteiger partial charge in [-0.3, -0.25) is 4.98 Å². The van der Waals surface area contributed by atoms with Crippen molar-refractivity contribution < 1.29 is 9.53 Å². The molecule has 0 aliphatic carbocycles. The summed E-state index contributed by atoms with van der Waals surface area (Å²) in [5, 5.41) is 0. The molecule has 2 amide bonds. The molecule has 6 nitrogen and oxygen atoms in total. The van der Waals surface area contributed by atoms with Crippen molar-refractivity contribution in [1.82, 2.24) is 19.7 Å². The zero-order valence-electron chi connectivity index (χ0n) is 15.8. The number of amides is 2. The van der Waals surface area contributed by atoms with Gasteiger partial charge in [0.1, 0.15) is 0 Å². The van der Waals surface area contributed by atoms with E-state index in [2.05, 4.69) is 21.8 Å². The molecule has 1 aromatic rings. The van der Waals surface area contributed by atoms with Crippen molar-refractivity contribution in [2.24, 2.45) is 11.3 Å². The van der Waals surface area contributed by atoms with Crippen LogP contribution in [0.15, 0.2) is 24.4 Å². The number of hydrogen-bond donors (Lipinski definition) is 0. The minimum absolute atomic E-state index is 0.189. The van der Waals surface area contributed by atoms with Gasteiger partial charge in [0.15, 0.2) is 0 Å². The summed E-state index contributed by atoms with van der Waals surface area (Å²) in [5.41, 5.74) is 1.17. The molecule has 0 N–H and O–H groups in total. The highest BCUT2D eigenvalue weighted by atomic mass is 16.5. The second kappa shape index (κ2) is 7.53. The second-order valence-corrected chi connectivity index (χ2v) is 8.24. The molecule has 3 fully saturated rings. The quantitative estimate of drug-likeness (QED) is 0.827. The lowest BCUT2D eigenvalue weighted by molar-refractivity contribution is 0.0508. The van der Waals surface area contributed by atoms with Gasteiger partial charge in [-0.1, -0.05) is 6.07 Å². The van der Waals surface area contributed by atoms with E-state index in [9.17, 15) is 4.79 Å². The lowest BCUT2D eigenvalue weighted by atomic mass is 9.77. The number of carbonyl (C=O) groups is 1. The topological polar surface area (TPSA) is 48.9 Å². The van der Waals surface area contributed by atoms with E-state index in [4.69, 9.17) is 4.74 Å². The van der Waals surface area contributed by atoms with Crippen LogP contribution in [0.1, 0.15) is 25.0 Å². The molecule has 0 saturated carbocycles. The van der Waals surface area contributed by atoms with E-state index in [1.54, 1.807) is 0 Å². The van der Waals surface area contributed by atoms with E-state index in [1.807, 2.05) is 29.3 Å². The van der Waals surface area contributed by atoms with Crippen LogP contribution in [0.25, 0.3) is 0 Å². The minimum Gasteiger partial charge on any atom is -0.375 e. The molecule has 142 valence electrons. The summed E-state index contributed by atoms with van der Waals surface area (Å²) < 4.78 is 6.03. The Balaban J connectivity index is 1.35. The Morgan fingerprint density at radius 2 is 2.08 bits per heavy atom. The van der Waals surface area contributed by atoms with Crippen molar-refractivity contribution in [1.29, 1.82) is 0 Å². The molecule has 3 aliphatic heterocycles. The summed E-state index contributed by atoms with van der Waals surface area (Å²) in [6.45, 7) is 7.05. The Hall–Kier alpha value is -1.66. The number of hydrogen-bond acceptors (Lipinski definition) is 4. The molecule has 1 aromatic heterocycles. The molecule has 3 saturated heterocycles. The van der Waals surface area contributed by atoms with Gasteiger partial charge in [-0.05, 0) is 38.4 Å². The van der Waals surface area contributed by atoms with E-state index in [1.165, 1.54) is 0 Å². The Kier molecular flexibility index (Phi) is 5.14. The van der Waals surface area contributed by atoms with E-state index in [0.29, 0.717) is 12.5 Å². The summed E-state index contributed by atoms with van der Waals surface area (Å²) in [6.07, 6.45) is 5.20. The van der Waals surface area contributed by atoms with Gasteiger partial charge in [-0.25, -0.2) is 4.79 Å². The first-order valence-electron chi connectivity index (χ1n) is 9.86. The molecule has 3 aliphatic rings. The van der Waals surface area contributed by atoms with Gasteiger partial charge in [0, 0.05) is 56.8 Å². The first-order valence-corrected chi connectivity index (χ1v) is 9.86. The van der Waals surface area contributed by atoms with Crippen LogP contribution in [0, 0.1) is 11.3 Å². The van der Waals surface area contributed by atoms with E-state index in [-0.39, 0.29) is 11.4 Å². The van der Waals surface area contributed by atoms with Crippen molar-refractivity contribution in [3.8, 4) is 0 Å². The average molecular weight is 358 g/mol. The van der Waals surface area contributed by atoms with Crippen LogP contribution in [0.5, 0.6) is 0 Å². The zero-order valence-corrected chi connectivity index (χ0v) is 15.8. The predicted octanol–water partition coefficient (Wildman–Crippen LogP) is 2.07. The lowest BCUT2D eigenvalue weighted by Gasteiger charge is -2.31. The number of likely N-dealkylation sites (tertiary alicyclic amines) is 3. The molecular weight excluding hydrogens is 328 g/mol. The van der Waals surface area contributed by atoms with Crippen LogP contribution < -0.4 is 0 Å². The molecule has 4 rings (SSSR count). The highest BCUT2D eigenvalue weighted by Gasteiger charge is 2.50. The van der Waals surface area contributed by atoms with Crippen molar-refractivity contribution in [3.63, 3.8) is 0 Å². The van der Waals surface area contributed by atoms with Gasteiger partial charge in [-0.15, -0.1) is 0 Å². The van der Waals surface area contributed by atoms with Crippen molar-refractivity contribution >= 4 is 6.03 Å². The van der Waals surface area contributed by atoms with Gasteiger partial charge < -0.3 is 19.4 Å². The Morgan fingerprint density at radius 3 is 2.85 bits per heavy atom.